The van der Waals surface area contributed by atoms with Crippen LogP contribution in [0.25, 0.3) is 0 Å². The molecule has 4 rings (SSSR count). The third kappa shape index (κ3) is 2.42. The summed E-state index contributed by atoms with van der Waals surface area (Å²) in [6.45, 7) is 0. The fourth-order valence-corrected chi connectivity index (χ4v) is 4.18. The van der Waals surface area contributed by atoms with Crippen molar-refractivity contribution in [2.75, 3.05) is 0 Å². The molecule has 2 aromatic carbocycles. The first-order valence-electron chi connectivity index (χ1n) is 8.21. The molecule has 0 heterocycles. The molecule has 0 aromatic heterocycles. The molecule has 2 heteroatoms. The topological polar surface area (TPSA) is 40.5 Å². The van der Waals surface area contributed by atoms with Gasteiger partial charge in [-0.3, -0.25) is 0 Å². The van der Waals surface area contributed by atoms with Gasteiger partial charge in [0.25, 0.3) is 0 Å². The van der Waals surface area contributed by atoms with Crippen LogP contribution in [0.4, 0.5) is 0 Å². The molecule has 0 bridgehead atoms. The third-order valence-electron chi connectivity index (χ3n) is 5.30. The van der Waals surface area contributed by atoms with Crippen molar-refractivity contribution < 1.29 is 10.2 Å². The molecule has 0 amide bonds. The second-order valence-electron chi connectivity index (χ2n) is 6.64. The lowest BCUT2D eigenvalue weighted by Gasteiger charge is -2.44. The number of fused-ring (bicyclic) bond motifs is 3. The normalized spacial score (nSPS) is 22.9. The molecular formula is C21H20O2. The van der Waals surface area contributed by atoms with Gasteiger partial charge in [0.05, 0.1) is 0 Å². The van der Waals surface area contributed by atoms with Crippen molar-refractivity contribution >= 4 is 0 Å². The Labute approximate surface area is 137 Å². The predicted molar refractivity (Wildman–Crippen MR) is 90.5 cm³/mol. The molecule has 0 saturated carbocycles. The lowest BCUT2D eigenvalue weighted by Crippen LogP contribution is -2.37. The highest BCUT2D eigenvalue weighted by Crippen LogP contribution is 2.49. The molecule has 2 aromatic rings. The van der Waals surface area contributed by atoms with Crippen LogP contribution < -0.4 is 0 Å². The molecule has 2 aliphatic rings. The number of hydrogen-bond donors (Lipinski definition) is 2. The Hall–Kier alpha value is -2.22. The van der Waals surface area contributed by atoms with Crippen LogP contribution in [-0.2, 0) is 18.3 Å². The number of phenolic OH excluding ortho intramolecular Hbond substituents is 2. The zero-order valence-corrected chi connectivity index (χ0v) is 13.0. The maximum Gasteiger partial charge on any atom is 0.115 e. The summed E-state index contributed by atoms with van der Waals surface area (Å²) in [5.74, 6) is 0.659. The number of aryl methyl sites for hydroxylation is 1. The molecule has 2 nitrogen and oxygen atoms in total. The van der Waals surface area contributed by atoms with Crippen LogP contribution in [-0.4, -0.2) is 10.2 Å². The summed E-state index contributed by atoms with van der Waals surface area (Å²) in [5.41, 5.74) is 5.31. The monoisotopic (exact) mass is 304 g/mol. The van der Waals surface area contributed by atoms with Crippen molar-refractivity contribution in [3.05, 3.63) is 77.2 Å². The first kappa shape index (κ1) is 14.4. The average Bonchev–Trinajstić information content (AvgIpc) is 2.56. The van der Waals surface area contributed by atoms with E-state index in [0.717, 1.165) is 32.1 Å². The molecule has 1 unspecified atom stereocenters. The molecule has 1 atom stereocenters. The molecule has 2 N–H and O–H groups in total. The van der Waals surface area contributed by atoms with Crippen LogP contribution in [0.3, 0.4) is 0 Å². The Morgan fingerprint density at radius 3 is 2.57 bits per heavy atom. The van der Waals surface area contributed by atoms with Gasteiger partial charge < -0.3 is 10.2 Å². The van der Waals surface area contributed by atoms with Gasteiger partial charge in [-0.2, -0.15) is 0 Å². The van der Waals surface area contributed by atoms with Gasteiger partial charge in [-0.1, -0.05) is 29.8 Å². The van der Waals surface area contributed by atoms with E-state index in [9.17, 15) is 10.2 Å². The third-order valence-corrected chi connectivity index (χ3v) is 5.30. The number of benzene rings is 2. The minimum absolute atomic E-state index is 0.00348. The lowest BCUT2D eigenvalue weighted by atomic mass is 9.59. The second kappa shape index (κ2) is 5.45. The fraction of sp³-hybridized carbons (Fsp3) is 0.286. The van der Waals surface area contributed by atoms with Crippen molar-refractivity contribution in [3.8, 4) is 11.5 Å². The van der Waals surface area contributed by atoms with Gasteiger partial charge in [-0.05, 0) is 73.1 Å². The van der Waals surface area contributed by atoms with Crippen molar-refractivity contribution in [3.63, 3.8) is 0 Å². The van der Waals surface area contributed by atoms with E-state index in [1.54, 1.807) is 12.1 Å². The summed E-state index contributed by atoms with van der Waals surface area (Å²) >= 11 is 0. The first-order valence-corrected chi connectivity index (χ1v) is 8.21. The minimum atomic E-state index is 0.00348. The van der Waals surface area contributed by atoms with E-state index in [0.29, 0.717) is 11.5 Å². The van der Waals surface area contributed by atoms with Crippen LogP contribution in [0.15, 0.2) is 54.1 Å². The van der Waals surface area contributed by atoms with Gasteiger partial charge in [0.15, 0.2) is 0 Å². The van der Waals surface area contributed by atoms with E-state index in [2.05, 4.69) is 18.6 Å². The van der Waals surface area contributed by atoms with E-state index in [1.165, 1.54) is 22.3 Å². The zero-order chi connectivity index (χ0) is 15.9. The Balaban J connectivity index is 1.83. The number of allylic oxidation sites excluding steroid dienone is 2. The average molecular weight is 304 g/mol. The van der Waals surface area contributed by atoms with Gasteiger partial charge in [-0.25, -0.2) is 0 Å². The lowest BCUT2D eigenvalue weighted by molar-refractivity contribution is 0.408. The van der Waals surface area contributed by atoms with Crippen LogP contribution in [0.1, 0.15) is 36.0 Å². The number of phenols is 2. The Kier molecular flexibility index (Phi) is 3.41. The van der Waals surface area contributed by atoms with E-state index in [4.69, 9.17) is 0 Å². The molecule has 23 heavy (non-hydrogen) atoms. The fourth-order valence-electron chi connectivity index (χ4n) is 4.18. The highest BCUT2D eigenvalue weighted by molar-refractivity contribution is 5.51. The molecular weight excluding hydrogens is 284 g/mol. The van der Waals surface area contributed by atoms with Gasteiger partial charge in [-0.15, -0.1) is 0 Å². The van der Waals surface area contributed by atoms with Crippen molar-refractivity contribution in [1.82, 2.24) is 0 Å². The van der Waals surface area contributed by atoms with E-state index >= 15 is 0 Å². The summed E-state index contributed by atoms with van der Waals surface area (Å²) < 4.78 is 0. The van der Waals surface area contributed by atoms with Crippen molar-refractivity contribution in [2.24, 2.45) is 0 Å². The van der Waals surface area contributed by atoms with Crippen molar-refractivity contribution in [2.45, 2.75) is 37.5 Å². The molecule has 0 saturated heterocycles. The maximum atomic E-state index is 9.83. The molecule has 0 spiro atoms. The van der Waals surface area contributed by atoms with Crippen LogP contribution in [0, 0.1) is 6.42 Å². The first-order chi connectivity index (χ1) is 11.2. The standard InChI is InChI=1S/C21H20O2/c22-18-8-4-15(5-9-18)14-21-12-2-1-3-17(21)7-6-16-13-19(23)10-11-20(16)21/h3-5,8-11,13,22-23H,2,6-7,12,14H2. The predicted octanol–water partition coefficient (Wildman–Crippen LogP) is 4.33. The van der Waals surface area contributed by atoms with E-state index in [-0.39, 0.29) is 5.41 Å². The van der Waals surface area contributed by atoms with Crippen molar-refractivity contribution in [1.29, 1.82) is 0 Å². The number of hydrogen-bond acceptors (Lipinski definition) is 2. The van der Waals surface area contributed by atoms with E-state index < -0.39 is 0 Å². The SMILES string of the molecule is Oc1ccc(CC23CC[C]C=C2CCc2cc(O)ccc23)cc1. The van der Waals surface area contributed by atoms with Gasteiger partial charge in [0.2, 0.25) is 0 Å². The molecule has 116 valence electrons. The highest BCUT2D eigenvalue weighted by atomic mass is 16.3. The number of aromatic hydroxyl groups is 2. The quantitative estimate of drug-likeness (QED) is 0.867. The summed E-state index contributed by atoms with van der Waals surface area (Å²) in [6.07, 6.45) is 10.5. The Morgan fingerprint density at radius 2 is 1.74 bits per heavy atom. The van der Waals surface area contributed by atoms with Gasteiger partial charge in [0.1, 0.15) is 11.5 Å². The molecule has 0 fully saturated rings. The highest BCUT2D eigenvalue weighted by Gasteiger charge is 2.41. The largest absolute Gasteiger partial charge is 0.508 e. The Morgan fingerprint density at radius 1 is 0.957 bits per heavy atom. The summed E-state index contributed by atoms with van der Waals surface area (Å²) in [6, 6.07) is 13.4. The molecule has 2 radical (unpaired) electrons. The second-order valence-corrected chi connectivity index (χ2v) is 6.64. The zero-order valence-electron chi connectivity index (χ0n) is 13.0. The molecule has 0 aliphatic heterocycles. The van der Waals surface area contributed by atoms with Gasteiger partial charge >= 0.3 is 0 Å². The van der Waals surface area contributed by atoms with Crippen LogP contribution in [0.2, 0.25) is 0 Å². The van der Waals surface area contributed by atoms with Gasteiger partial charge in [0, 0.05) is 11.8 Å². The number of rotatable bonds is 2. The van der Waals surface area contributed by atoms with Crippen LogP contribution in [0.5, 0.6) is 11.5 Å². The summed E-state index contributed by atoms with van der Waals surface area (Å²) in [5, 5.41) is 19.4. The maximum absolute atomic E-state index is 9.83. The summed E-state index contributed by atoms with van der Waals surface area (Å²) in [4.78, 5) is 0. The van der Waals surface area contributed by atoms with E-state index in [1.807, 2.05) is 24.3 Å². The smallest absolute Gasteiger partial charge is 0.115 e. The summed E-state index contributed by atoms with van der Waals surface area (Å²) in [7, 11) is 0. The molecule has 2 aliphatic carbocycles. The van der Waals surface area contributed by atoms with Crippen LogP contribution >= 0.6 is 0 Å². The Bertz CT molecular complexity index is 758. The minimum Gasteiger partial charge on any atom is -0.508 e.